The van der Waals surface area contributed by atoms with Gasteiger partial charge in [0.1, 0.15) is 0 Å². The van der Waals surface area contributed by atoms with E-state index in [2.05, 4.69) is 28.5 Å². The first kappa shape index (κ1) is 20.3. The lowest BCUT2D eigenvalue weighted by Gasteiger charge is -2.13. The summed E-state index contributed by atoms with van der Waals surface area (Å²) in [6.07, 6.45) is 2.29. The number of rotatable bonds is 3. The maximum Gasteiger partial charge on any atom is 0.271 e. The zero-order chi connectivity index (χ0) is 22.3. The number of pyridine rings is 1. The Kier molecular flexibility index (Phi) is 4.84. The van der Waals surface area contributed by atoms with Crippen LogP contribution >= 0.6 is 0 Å². The van der Waals surface area contributed by atoms with Crippen molar-refractivity contribution in [3.05, 3.63) is 65.6 Å². The molecule has 1 fully saturated rings. The van der Waals surface area contributed by atoms with Gasteiger partial charge in [0.2, 0.25) is 5.60 Å². The smallest absolute Gasteiger partial charge is 0.271 e. The van der Waals surface area contributed by atoms with E-state index in [0.717, 1.165) is 5.69 Å². The van der Waals surface area contributed by atoms with E-state index >= 15 is 0 Å². The van der Waals surface area contributed by atoms with E-state index in [-0.39, 0.29) is 12.2 Å². The van der Waals surface area contributed by atoms with Crippen molar-refractivity contribution in [2.45, 2.75) is 18.9 Å². The van der Waals surface area contributed by atoms with Gasteiger partial charge in [0.05, 0.1) is 22.3 Å². The van der Waals surface area contributed by atoms with Crippen LogP contribution in [0.4, 0.5) is 0 Å². The van der Waals surface area contributed by atoms with E-state index < -0.39 is 17.4 Å². The van der Waals surface area contributed by atoms with Crippen LogP contribution in [0.1, 0.15) is 28.7 Å². The standard InChI is InChI=1S/C23H21N5O3/c1-4-17-19-18(9-11-25-17)28(26-20(19)21(24)29)16-7-5-6-15(12-16)8-10-23(31)14(2)13-27(3)22(23)30/h5-7,9,11-12,31H,2,4,13H2,1,3H3,(H2,24,29)/t23-/m0/s1. The summed E-state index contributed by atoms with van der Waals surface area (Å²) in [6.45, 7) is 5.98. The molecular weight excluding hydrogens is 394 g/mol. The van der Waals surface area contributed by atoms with Gasteiger partial charge in [0.15, 0.2) is 5.69 Å². The van der Waals surface area contributed by atoms with Crippen LogP contribution < -0.4 is 5.73 Å². The summed E-state index contributed by atoms with van der Waals surface area (Å²) in [5.41, 5.74) is 6.80. The topological polar surface area (TPSA) is 114 Å². The van der Waals surface area contributed by atoms with Crippen LogP contribution in [0.2, 0.25) is 0 Å². The van der Waals surface area contributed by atoms with Gasteiger partial charge < -0.3 is 15.7 Å². The van der Waals surface area contributed by atoms with Gasteiger partial charge in [0, 0.05) is 25.4 Å². The number of amides is 2. The van der Waals surface area contributed by atoms with Crippen LogP contribution in [0.15, 0.2) is 48.7 Å². The molecule has 0 aliphatic carbocycles. The van der Waals surface area contributed by atoms with Crippen molar-refractivity contribution in [3.63, 3.8) is 0 Å². The second-order valence-corrected chi connectivity index (χ2v) is 7.41. The minimum atomic E-state index is -1.90. The molecule has 2 aromatic heterocycles. The Bertz CT molecular complexity index is 1310. The first-order valence-electron chi connectivity index (χ1n) is 9.72. The Morgan fingerprint density at radius 2 is 2.16 bits per heavy atom. The van der Waals surface area contributed by atoms with Gasteiger partial charge in [-0.15, -0.1) is 0 Å². The Hall–Kier alpha value is -3.96. The average Bonchev–Trinajstić information content (AvgIpc) is 3.25. The largest absolute Gasteiger partial charge is 0.366 e. The van der Waals surface area contributed by atoms with Crippen molar-refractivity contribution in [2.24, 2.45) is 5.73 Å². The Labute approximate surface area is 179 Å². The van der Waals surface area contributed by atoms with Crippen LogP contribution in [0.5, 0.6) is 0 Å². The summed E-state index contributed by atoms with van der Waals surface area (Å²) >= 11 is 0. The third-order valence-corrected chi connectivity index (χ3v) is 5.32. The van der Waals surface area contributed by atoms with E-state index in [4.69, 9.17) is 5.73 Å². The number of fused-ring (bicyclic) bond motifs is 1. The molecule has 1 saturated heterocycles. The zero-order valence-electron chi connectivity index (χ0n) is 17.2. The number of likely N-dealkylation sites (tertiary alicyclic amines) is 1. The number of hydrogen-bond acceptors (Lipinski definition) is 5. The Morgan fingerprint density at radius 3 is 2.81 bits per heavy atom. The molecule has 2 amide bonds. The van der Waals surface area contributed by atoms with Gasteiger partial charge in [-0.05, 0) is 42.2 Å². The van der Waals surface area contributed by atoms with Crippen LogP contribution in [-0.2, 0) is 11.2 Å². The lowest BCUT2D eigenvalue weighted by Crippen LogP contribution is -2.37. The number of nitrogens with zero attached hydrogens (tertiary/aromatic N) is 4. The first-order valence-corrected chi connectivity index (χ1v) is 9.72. The summed E-state index contributed by atoms with van der Waals surface area (Å²) < 4.78 is 1.61. The Balaban J connectivity index is 1.81. The normalized spacial score (nSPS) is 18.4. The molecule has 0 spiro atoms. The highest BCUT2D eigenvalue weighted by Crippen LogP contribution is 2.27. The van der Waals surface area contributed by atoms with Gasteiger partial charge in [-0.25, -0.2) is 4.68 Å². The molecule has 1 aliphatic heterocycles. The fourth-order valence-corrected chi connectivity index (χ4v) is 3.69. The summed E-state index contributed by atoms with van der Waals surface area (Å²) in [7, 11) is 1.59. The predicted octanol–water partition coefficient (Wildman–Crippen LogP) is 1.19. The van der Waals surface area contributed by atoms with E-state index in [1.54, 1.807) is 42.2 Å². The molecule has 1 aliphatic rings. The van der Waals surface area contributed by atoms with Crippen LogP contribution in [0.25, 0.3) is 16.6 Å². The number of primary amides is 1. The summed E-state index contributed by atoms with van der Waals surface area (Å²) in [4.78, 5) is 30.0. The van der Waals surface area contributed by atoms with Gasteiger partial charge in [0.25, 0.3) is 11.8 Å². The average molecular weight is 415 g/mol. The number of carbonyl (C=O) groups excluding carboxylic acids is 2. The van der Waals surface area contributed by atoms with Gasteiger partial charge in [-0.2, -0.15) is 5.10 Å². The molecule has 0 bridgehead atoms. The van der Waals surface area contributed by atoms with Crippen molar-refractivity contribution in [1.82, 2.24) is 19.7 Å². The maximum absolute atomic E-state index is 12.3. The minimum absolute atomic E-state index is 0.154. The van der Waals surface area contributed by atoms with Crippen molar-refractivity contribution in [3.8, 4) is 17.5 Å². The monoisotopic (exact) mass is 415 g/mol. The van der Waals surface area contributed by atoms with Gasteiger partial charge in [-0.1, -0.05) is 25.5 Å². The van der Waals surface area contributed by atoms with Crippen molar-refractivity contribution < 1.29 is 14.7 Å². The van der Waals surface area contributed by atoms with E-state index in [0.29, 0.717) is 34.1 Å². The summed E-state index contributed by atoms with van der Waals surface area (Å²) in [6, 6.07) is 8.87. The quantitative estimate of drug-likeness (QED) is 0.493. The van der Waals surface area contributed by atoms with Crippen molar-refractivity contribution >= 4 is 22.7 Å². The van der Waals surface area contributed by atoms with Gasteiger partial charge in [-0.3, -0.25) is 14.6 Å². The molecule has 8 heteroatoms. The lowest BCUT2D eigenvalue weighted by molar-refractivity contribution is -0.136. The second kappa shape index (κ2) is 7.38. The highest BCUT2D eigenvalue weighted by Gasteiger charge is 2.45. The minimum Gasteiger partial charge on any atom is -0.366 e. The molecule has 1 aromatic carbocycles. The van der Waals surface area contributed by atoms with Gasteiger partial charge >= 0.3 is 0 Å². The third kappa shape index (κ3) is 3.25. The lowest BCUT2D eigenvalue weighted by atomic mass is 9.98. The highest BCUT2D eigenvalue weighted by molar-refractivity contribution is 6.05. The number of hydrogen-bond donors (Lipinski definition) is 2. The molecule has 3 heterocycles. The fourth-order valence-electron chi connectivity index (χ4n) is 3.69. The molecule has 0 unspecified atom stereocenters. The zero-order valence-corrected chi connectivity index (χ0v) is 17.2. The third-order valence-electron chi connectivity index (χ3n) is 5.32. The number of carbonyl (C=O) groups is 2. The van der Waals surface area contributed by atoms with Crippen molar-refractivity contribution in [2.75, 3.05) is 13.6 Å². The molecule has 31 heavy (non-hydrogen) atoms. The Morgan fingerprint density at radius 1 is 1.39 bits per heavy atom. The van der Waals surface area contributed by atoms with Crippen LogP contribution in [-0.4, -0.2) is 55.8 Å². The van der Waals surface area contributed by atoms with Crippen LogP contribution in [0.3, 0.4) is 0 Å². The molecule has 0 radical (unpaired) electrons. The van der Waals surface area contributed by atoms with E-state index in [1.165, 1.54) is 4.90 Å². The number of aliphatic hydroxyl groups is 1. The number of aromatic nitrogens is 3. The SMILES string of the molecule is C=C1CN(C)C(=O)[C@]1(O)C#Cc1cccc(-n2nc(C(N)=O)c3c(CC)nccc32)c1. The number of nitrogens with two attached hydrogens (primary N) is 1. The van der Waals surface area contributed by atoms with Crippen LogP contribution in [0, 0.1) is 11.8 Å². The predicted molar refractivity (Wildman–Crippen MR) is 115 cm³/mol. The molecule has 0 saturated carbocycles. The summed E-state index contributed by atoms with van der Waals surface area (Å²) in [5.74, 6) is 4.40. The molecule has 156 valence electrons. The fraction of sp³-hybridized carbons (Fsp3) is 0.217. The van der Waals surface area contributed by atoms with Crippen molar-refractivity contribution in [1.29, 1.82) is 0 Å². The van der Waals surface area contributed by atoms with E-state index in [1.807, 2.05) is 13.0 Å². The molecule has 1 atom stereocenters. The number of aryl methyl sites for hydroxylation is 1. The molecule has 4 rings (SSSR count). The molecule has 3 aromatic rings. The molecular formula is C23H21N5O3. The highest BCUT2D eigenvalue weighted by atomic mass is 16.3. The number of benzene rings is 1. The van der Waals surface area contributed by atoms with E-state index in [9.17, 15) is 14.7 Å². The number of likely N-dealkylation sites (N-methyl/N-ethyl adjacent to an activating group) is 1. The first-order chi connectivity index (χ1) is 14.8. The summed E-state index contributed by atoms with van der Waals surface area (Å²) in [5, 5.41) is 15.7. The second-order valence-electron chi connectivity index (χ2n) is 7.41. The maximum atomic E-state index is 12.3. The molecule has 8 nitrogen and oxygen atoms in total. The molecule has 3 N–H and O–H groups in total.